The van der Waals surface area contributed by atoms with Gasteiger partial charge in [0.15, 0.2) is 0 Å². The fraction of sp³-hybridized carbons (Fsp3) is 0.562. The lowest BCUT2D eigenvalue weighted by Crippen LogP contribution is -2.51. The van der Waals surface area contributed by atoms with Gasteiger partial charge in [-0.1, -0.05) is 29.3 Å². The van der Waals surface area contributed by atoms with Gasteiger partial charge in [0.2, 0.25) is 5.91 Å². The quantitative estimate of drug-likeness (QED) is 0.888. The van der Waals surface area contributed by atoms with Gasteiger partial charge in [0.25, 0.3) is 0 Å². The number of benzene rings is 1. The third kappa shape index (κ3) is 2.81. The van der Waals surface area contributed by atoms with Crippen LogP contribution in [0.1, 0.15) is 49.4 Å². The summed E-state index contributed by atoms with van der Waals surface area (Å²) in [5.74, 6) is 0.223. The van der Waals surface area contributed by atoms with E-state index < -0.39 is 0 Å². The van der Waals surface area contributed by atoms with Crippen molar-refractivity contribution in [2.24, 2.45) is 5.73 Å². The first kappa shape index (κ1) is 14.1. The molecule has 3 nitrogen and oxygen atoms in total. The zero-order valence-corrected chi connectivity index (χ0v) is 12.3. The summed E-state index contributed by atoms with van der Waals surface area (Å²) >= 11 is 0. The number of carbonyl (C=O) groups excluding carboxylic acids is 1. The van der Waals surface area contributed by atoms with Crippen LogP contribution in [0.5, 0.6) is 0 Å². The van der Waals surface area contributed by atoms with Crippen LogP contribution in [0.3, 0.4) is 0 Å². The summed E-state index contributed by atoms with van der Waals surface area (Å²) in [6.45, 7) is 8.30. The number of amides is 1. The fourth-order valence-electron chi connectivity index (χ4n) is 3.14. The summed E-state index contributed by atoms with van der Waals surface area (Å²) in [4.78, 5) is 14.2. The van der Waals surface area contributed by atoms with Crippen LogP contribution in [0.15, 0.2) is 18.2 Å². The second-order valence-corrected chi connectivity index (χ2v) is 5.96. The molecule has 2 atom stereocenters. The minimum atomic E-state index is 0.0137. The molecule has 0 bridgehead atoms. The standard InChI is InChI=1S/C16H24N2O/c1-10(2)18-15(19)6-5-14(17)16(18)13-8-11(3)7-12(4)9-13/h7-10,14,16H,5-6,17H2,1-4H3. The van der Waals surface area contributed by atoms with E-state index in [9.17, 15) is 4.79 Å². The molecule has 0 aliphatic carbocycles. The lowest BCUT2D eigenvalue weighted by molar-refractivity contribution is -0.139. The van der Waals surface area contributed by atoms with Crippen molar-refractivity contribution in [2.75, 3.05) is 0 Å². The average Bonchev–Trinajstić information content (AvgIpc) is 2.29. The average molecular weight is 260 g/mol. The van der Waals surface area contributed by atoms with Gasteiger partial charge in [-0.25, -0.2) is 0 Å². The van der Waals surface area contributed by atoms with Crippen molar-refractivity contribution in [1.29, 1.82) is 0 Å². The number of carbonyl (C=O) groups is 1. The van der Waals surface area contributed by atoms with Gasteiger partial charge in [-0.3, -0.25) is 4.79 Å². The molecule has 2 unspecified atom stereocenters. The van der Waals surface area contributed by atoms with Crippen molar-refractivity contribution in [3.8, 4) is 0 Å². The SMILES string of the molecule is Cc1cc(C)cc(C2C(N)CCC(=O)N2C(C)C)c1. The van der Waals surface area contributed by atoms with E-state index in [2.05, 4.69) is 45.9 Å². The molecule has 0 aromatic heterocycles. The number of aryl methyl sites for hydroxylation is 2. The third-order valence-electron chi connectivity index (χ3n) is 3.83. The van der Waals surface area contributed by atoms with Crippen LogP contribution in [0.2, 0.25) is 0 Å². The lowest BCUT2D eigenvalue weighted by Gasteiger charge is -2.42. The number of nitrogens with zero attached hydrogens (tertiary/aromatic N) is 1. The minimum Gasteiger partial charge on any atom is -0.332 e. The number of likely N-dealkylation sites (tertiary alicyclic amines) is 1. The zero-order chi connectivity index (χ0) is 14.2. The highest BCUT2D eigenvalue weighted by Gasteiger charge is 2.36. The van der Waals surface area contributed by atoms with Crippen LogP contribution in [0.25, 0.3) is 0 Å². The Morgan fingerprint density at radius 2 is 1.79 bits per heavy atom. The smallest absolute Gasteiger partial charge is 0.223 e. The molecule has 104 valence electrons. The number of piperidine rings is 1. The van der Waals surface area contributed by atoms with Gasteiger partial charge in [0.1, 0.15) is 0 Å². The van der Waals surface area contributed by atoms with E-state index in [1.165, 1.54) is 16.7 Å². The van der Waals surface area contributed by atoms with Crippen molar-refractivity contribution in [3.05, 3.63) is 34.9 Å². The van der Waals surface area contributed by atoms with E-state index in [4.69, 9.17) is 5.73 Å². The first-order chi connectivity index (χ1) is 8.90. The van der Waals surface area contributed by atoms with Crippen molar-refractivity contribution in [3.63, 3.8) is 0 Å². The molecular formula is C16H24N2O. The van der Waals surface area contributed by atoms with Crippen molar-refractivity contribution in [1.82, 2.24) is 4.90 Å². The van der Waals surface area contributed by atoms with Gasteiger partial charge in [-0.15, -0.1) is 0 Å². The Morgan fingerprint density at radius 3 is 2.32 bits per heavy atom. The van der Waals surface area contributed by atoms with Gasteiger partial charge in [-0.05, 0) is 39.7 Å². The maximum atomic E-state index is 12.2. The van der Waals surface area contributed by atoms with Gasteiger partial charge >= 0.3 is 0 Å². The third-order valence-corrected chi connectivity index (χ3v) is 3.83. The fourth-order valence-corrected chi connectivity index (χ4v) is 3.14. The van der Waals surface area contributed by atoms with Crippen molar-refractivity contribution >= 4 is 5.91 Å². The normalized spacial score (nSPS) is 24.1. The van der Waals surface area contributed by atoms with Crippen LogP contribution in [-0.4, -0.2) is 22.9 Å². The molecule has 2 rings (SSSR count). The Labute approximate surface area is 115 Å². The van der Waals surface area contributed by atoms with E-state index >= 15 is 0 Å². The van der Waals surface area contributed by atoms with Gasteiger partial charge in [-0.2, -0.15) is 0 Å². The van der Waals surface area contributed by atoms with Crippen LogP contribution >= 0.6 is 0 Å². The molecule has 1 aliphatic rings. The molecule has 0 spiro atoms. The summed E-state index contributed by atoms with van der Waals surface area (Å²) < 4.78 is 0. The predicted molar refractivity (Wildman–Crippen MR) is 77.8 cm³/mol. The first-order valence-electron chi connectivity index (χ1n) is 7.05. The van der Waals surface area contributed by atoms with E-state index in [1.54, 1.807) is 0 Å². The highest BCUT2D eigenvalue weighted by Crippen LogP contribution is 2.33. The molecule has 3 heteroatoms. The topological polar surface area (TPSA) is 46.3 Å². The molecule has 1 amide bonds. The maximum absolute atomic E-state index is 12.2. The highest BCUT2D eigenvalue weighted by atomic mass is 16.2. The second kappa shape index (κ2) is 5.33. The molecule has 1 saturated heterocycles. The van der Waals surface area contributed by atoms with Crippen molar-refractivity contribution in [2.45, 2.75) is 58.7 Å². The molecule has 19 heavy (non-hydrogen) atoms. The molecule has 1 aromatic carbocycles. The molecule has 1 aromatic rings. The van der Waals surface area contributed by atoms with Gasteiger partial charge in [0.05, 0.1) is 6.04 Å². The Morgan fingerprint density at radius 1 is 1.21 bits per heavy atom. The van der Waals surface area contributed by atoms with Gasteiger partial charge in [0, 0.05) is 18.5 Å². The van der Waals surface area contributed by atoms with Crippen LogP contribution < -0.4 is 5.73 Å². The summed E-state index contributed by atoms with van der Waals surface area (Å²) in [6, 6.07) is 6.70. The number of hydrogen-bond acceptors (Lipinski definition) is 2. The summed E-state index contributed by atoms with van der Waals surface area (Å²) in [6.07, 6.45) is 1.35. The molecule has 1 aliphatic heterocycles. The highest BCUT2D eigenvalue weighted by molar-refractivity contribution is 5.78. The monoisotopic (exact) mass is 260 g/mol. The van der Waals surface area contributed by atoms with E-state index in [0.717, 1.165) is 6.42 Å². The Kier molecular flexibility index (Phi) is 3.95. The Hall–Kier alpha value is -1.35. The lowest BCUT2D eigenvalue weighted by atomic mass is 9.88. The summed E-state index contributed by atoms with van der Waals surface area (Å²) in [5.41, 5.74) is 9.93. The number of rotatable bonds is 2. The number of hydrogen-bond donors (Lipinski definition) is 1. The van der Waals surface area contributed by atoms with Gasteiger partial charge < -0.3 is 10.6 Å². The molecule has 0 saturated carbocycles. The van der Waals surface area contributed by atoms with E-state index in [-0.39, 0.29) is 24.0 Å². The molecule has 0 radical (unpaired) electrons. The minimum absolute atomic E-state index is 0.0137. The number of nitrogens with two attached hydrogens (primary N) is 1. The van der Waals surface area contributed by atoms with E-state index in [0.29, 0.717) is 6.42 Å². The molecule has 1 fully saturated rings. The summed E-state index contributed by atoms with van der Waals surface area (Å²) in [7, 11) is 0. The zero-order valence-electron chi connectivity index (χ0n) is 12.3. The van der Waals surface area contributed by atoms with Crippen molar-refractivity contribution < 1.29 is 4.79 Å². The van der Waals surface area contributed by atoms with E-state index in [1.807, 2.05) is 4.90 Å². The molecular weight excluding hydrogens is 236 g/mol. The summed E-state index contributed by atoms with van der Waals surface area (Å²) in [5, 5.41) is 0. The maximum Gasteiger partial charge on any atom is 0.223 e. The van der Waals surface area contributed by atoms with Crippen LogP contribution in [0.4, 0.5) is 0 Å². The largest absolute Gasteiger partial charge is 0.332 e. The Balaban J connectivity index is 2.45. The second-order valence-electron chi connectivity index (χ2n) is 5.96. The van der Waals surface area contributed by atoms with Crippen LogP contribution in [0, 0.1) is 13.8 Å². The molecule has 1 heterocycles. The van der Waals surface area contributed by atoms with Crippen LogP contribution in [-0.2, 0) is 4.79 Å². The molecule has 2 N–H and O–H groups in total. The first-order valence-corrected chi connectivity index (χ1v) is 7.05. The Bertz CT molecular complexity index is 461. The predicted octanol–water partition coefficient (Wildman–Crippen LogP) is 2.70.